The lowest BCUT2D eigenvalue weighted by molar-refractivity contribution is -0.136. The van der Waals surface area contributed by atoms with Crippen LogP contribution in [0, 0.1) is 5.41 Å². The maximum Gasteiger partial charge on any atom is 0.229 e. The molecule has 1 amide bonds. The third-order valence-corrected chi connectivity index (χ3v) is 4.02. The van der Waals surface area contributed by atoms with Crippen LogP contribution in [0.3, 0.4) is 0 Å². The molecule has 1 aromatic rings. The van der Waals surface area contributed by atoms with Crippen LogP contribution in [0.4, 0.5) is 0 Å². The second-order valence-electron chi connectivity index (χ2n) is 5.44. The van der Waals surface area contributed by atoms with E-state index in [1.54, 1.807) is 19.5 Å². The van der Waals surface area contributed by atoms with Crippen molar-refractivity contribution in [1.29, 1.82) is 0 Å². The fourth-order valence-electron chi connectivity index (χ4n) is 2.70. The van der Waals surface area contributed by atoms with Gasteiger partial charge in [-0.2, -0.15) is 0 Å². The molecule has 0 radical (unpaired) electrons. The Morgan fingerprint density at radius 2 is 2.10 bits per heavy atom. The predicted molar refractivity (Wildman–Crippen MR) is 77.2 cm³/mol. The number of nitrogens with zero attached hydrogens (tertiary/aromatic N) is 1. The zero-order valence-corrected chi connectivity index (χ0v) is 12.2. The summed E-state index contributed by atoms with van der Waals surface area (Å²) in [5, 5.41) is 6.41. The van der Waals surface area contributed by atoms with E-state index < -0.39 is 5.41 Å². The minimum absolute atomic E-state index is 0.0193. The average Bonchev–Trinajstić information content (AvgIpc) is 2.49. The molecule has 110 valence electrons. The van der Waals surface area contributed by atoms with Crippen molar-refractivity contribution in [3.05, 3.63) is 30.1 Å². The molecule has 0 saturated carbocycles. The summed E-state index contributed by atoms with van der Waals surface area (Å²) in [6, 6.07) is 3.83. The lowest BCUT2D eigenvalue weighted by Gasteiger charge is -2.36. The highest BCUT2D eigenvalue weighted by Crippen LogP contribution is 2.30. The lowest BCUT2D eigenvalue weighted by Crippen LogP contribution is -2.50. The molecule has 1 aliphatic heterocycles. The molecule has 1 saturated heterocycles. The second-order valence-corrected chi connectivity index (χ2v) is 5.44. The van der Waals surface area contributed by atoms with Crippen LogP contribution in [0.5, 0.6) is 0 Å². The van der Waals surface area contributed by atoms with Crippen LogP contribution in [0.15, 0.2) is 24.5 Å². The number of pyridine rings is 1. The number of nitrogens with one attached hydrogen (secondary N) is 2. The van der Waals surface area contributed by atoms with Gasteiger partial charge >= 0.3 is 0 Å². The standard InChI is InChI=1S/C15H23N3O2/c1-12(13-3-7-16-8-4-13)18-14(19)15(11-20-2)5-9-17-10-6-15/h3-4,7-8,12,17H,5-6,9-11H2,1-2H3,(H,18,19). The summed E-state index contributed by atoms with van der Waals surface area (Å²) in [5.74, 6) is 0.0881. The van der Waals surface area contributed by atoms with E-state index in [9.17, 15) is 4.79 Å². The van der Waals surface area contributed by atoms with Crippen LogP contribution >= 0.6 is 0 Å². The summed E-state index contributed by atoms with van der Waals surface area (Å²) in [7, 11) is 1.66. The fourth-order valence-corrected chi connectivity index (χ4v) is 2.70. The summed E-state index contributed by atoms with van der Waals surface area (Å²) in [6.07, 6.45) is 5.12. The number of hydrogen-bond acceptors (Lipinski definition) is 4. The zero-order chi connectivity index (χ0) is 14.4. The Balaban J connectivity index is 2.05. The van der Waals surface area contributed by atoms with Crippen molar-refractivity contribution in [1.82, 2.24) is 15.6 Å². The van der Waals surface area contributed by atoms with E-state index in [1.807, 2.05) is 19.1 Å². The Morgan fingerprint density at radius 3 is 2.70 bits per heavy atom. The highest BCUT2D eigenvalue weighted by molar-refractivity contribution is 5.83. The molecule has 0 bridgehead atoms. The molecule has 2 rings (SSSR count). The number of ether oxygens (including phenoxy) is 1. The molecule has 5 heteroatoms. The van der Waals surface area contributed by atoms with Crippen molar-refractivity contribution in [2.45, 2.75) is 25.8 Å². The Hall–Kier alpha value is -1.46. The van der Waals surface area contributed by atoms with Crippen LogP contribution in [-0.2, 0) is 9.53 Å². The van der Waals surface area contributed by atoms with Gasteiger partial charge < -0.3 is 15.4 Å². The number of aromatic nitrogens is 1. The normalized spacial score (nSPS) is 19.3. The van der Waals surface area contributed by atoms with Gasteiger partial charge in [0.05, 0.1) is 18.1 Å². The highest BCUT2D eigenvalue weighted by Gasteiger charge is 2.40. The van der Waals surface area contributed by atoms with E-state index in [0.717, 1.165) is 31.5 Å². The van der Waals surface area contributed by atoms with E-state index in [-0.39, 0.29) is 11.9 Å². The van der Waals surface area contributed by atoms with Crippen LogP contribution < -0.4 is 10.6 Å². The van der Waals surface area contributed by atoms with Gasteiger partial charge in [0.2, 0.25) is 5.91 Å². The first-order chi connectivity index (χ1) is 9.68. The minimum atomic E-state index is -0.401. The number of rotatable bonds is 5. The predicted octanol–water partition coefficient (Wildman–Crippen LogP) is 1.27. The van der Waals surface area contributed by atoms with E-state index in [4.69, 9.17) is 4.74 Å². The number of carbonyl (C=O) groups is 1. The SMILES string of the molecule is COCC1(C(=O)NC(C)c2ccncc2)CCNCC1. The first kappa shape index (κ1) is 14.9. The van der Waals surface area contributed by atoms with Gasteiger partial charge in [-0.15, -0.1) is 0 Å². The van der Waals surface area contributed by atoms with E-state index in [2.05, 4.69) is 15.6 Å². The Labute approximate surface area is 120 Å². The molecule has 2 N–H and O–H groups in total. The van der Waals surface area contributed by atoms with Gasteiger partial charge in [0, 0.05) is 19.5 Å². The van der Waals surface area contributed by atoms with Crippen molar-refractivity contribution >= 4 is 5.91 Å². The number of piperidine rings is 1. The Bertz CT molecular complexity index is 424. The van der Waals surface area contributed by atoms with Gasteiger partial charge in [-0.05, 0) is 50.6 Å². The summed E-state index contributed by atoms with van der Waals surface area (Å²) < 4.78 is 5.29. The molecule has 1 atom stereocenters. The summed E-state index contributed by atoms with van der Waals surface area (Å²) >= 11 is 0. The Morgan fingerprint density at radius 1 is 1.45 bits per heavy atom. The molecule has 1 aliphatic rings. The number of methoxy groups -OCH3 is 1. The quantitative estimate of drug-likeness (QED) is 0.851. The molecule has 5 nitrogen and oxygen atoms in total. The van der Waals surface area contributed by atoms with Crippen LogP contribution in [-0.4, -0.2) is 37.7 Å². The lowest BCUT2D eigenvalue weighted by atomic mass is 9.78. The largest absolute Gasteiger partial charge is 0.384 e. The molecule has 1 unspecified atom stereocenters. The van der Waals surface area contributed by atoms with Gasteiger partial charge in [-0.1, -0.05) is 0 Å². The van der Waals surface area contributed by atoms with E-state index >= 15 is 0 Å². The molecule has 0 aliphatic carbocycles. The average molecular weight is 277 g/mol. The van der Waals surface area contributed by atoms with Crippen molar-refractivity contribution in [3.63, 3.8) is 0 Å². The second kappa shape index (κ2) is 6.81. The Kier molecular flexibility index (Phi) is 5.09. The summed E-state index contributed by atoms with van der Waals surface area (Å²) in [5.41, 5.74) is 0.663. The van der Waals surface area contributed by atoms with Crippen molar-refractivity contribution in [2.24, 2.45) is 5.41 Å². The molecule has 0 aromatic carbocycles. The zero-order valence-electron chi connectivity index (χ0n) is 12.2. The smallest absolute Gasteiger partial charge is 0.229 e. The molecule has 2 heterocycles. The fraction of sp³-hybridized carbons (Fsp3) is 0.600. The number of carbonyl (C=O) groups excluding carboxylic acids is 1. The highest BCUT2D eigenvalue weighted by atomic mass is 16.5. The summed E-state index contributed by atoms with van der Waals surface area (Å²) in [4.78, 5) is 16.7. The third kappa shape index (κ3) is 3.35. The van der Waals surface area contributed by atoms with Crippen LogP contribution in [0.1, 0.15) is 31.4 Å². The van der Waals surface area contributed by atoms with Crippen molar-refractivity contribution in [3.8, 4) is 0 Å². The molecule has 1 aromatic heterocycles. The maximum atomic E-state index is 12.7. The topological polar surface area (TPSA) is 63.2 Å². The number of amides is 1. The molecule has 1 fully saturated rings. The first-order valence-corrected chi connectivity index (χ1v) is 7.08. The van der Waals surface area contributed by atoms with Gasteiger partial charge in [0.25, 0.3) is 0 Å². The molecular weight excluding hydrogens is 254 g/mol. The van der Waals surface area contributed by atoms with Gasteiger partial charge in [-0.25, -0.2) is 0 Å². The summed E-state index contributed by atoms with van der Waals surface area (Å²) in [6.45, 7) is 4.19. The third-order valence-electron chi connectivity index (χ3n) is 4.02. The first-order valence-electron chi connectivity index (χ1n) is 7.08. The molecule has 0 spiro atoms. The van der Waals surface area contributed by atoms with Crippen LogP contribution in [0.25, 0.3) is 0 Å². The van der Waals surface area contributed by atoms with Crippen molar-refractivity contribution in [2.75, 3.05) is 26.8 Å². The van der Waals surface area contributed by atoms with Crippen LogP contribution in [0.2, 0.25) is 0 Å². The van der Waals surface area contributed by atoms with E-state index in [1.165, 1.54) is 0 Å². The van der Waals surface area contributed by atoms with Gasteiger partial charge in [0.1, 0.15) is 0 Å². The maximum absolute atomic E-state index is 12.7. The van der Waals surface area contributed by atoms with Gasteiger partial charge in [0.15, 0.2) is 0 Å². The molecule has 20 heavy (non-hydrogen) atoms. The molecular formula is C15H23N3O2. The minimum Gasteiger partial charge on any atom is -0.384 e. The number of hydrogen-bond donors (Lipinski definition) is 2. The van der Waals surface area contributed by atoms with Gasteiger partial charge in [-0.3, -0.25) is 9.78 Å². The van der Waals surface area contributed by atoms with E-state index in [0.29, 0.717) is 6.61 Å². The van der Waals surface area contributed by atoms with Crippen molar-refractivity contribution < 1.29 is 9.53 Å². The monoisotopic (exact) mass is 277 g/mol.